The van der Waals surface area contributed by atoms with Crippen molar-refractivity contribution in [3.05, 3.63) is 23.8 Å². The van der Waals surface area contributed by atoms with E-state index in [-0.39, 0.29) is 24.3 Å². The van der Waals surface area contributed by atoms with Gasteiger partial charge in [-0.3, -0.25) is 4.79 Å². The molecule has 2 rings (SSSR count). The number of carboxylic acids is 1. The van der Waals surface area contributed by atoms with Gasteiger partial charge >= 0.3 is 12.1 Å². The number of nitrogens with two attached hydrogens (primary N) is 1. The van der Waals surface area contributed by atoms with E-state index in [0.717, 1.165) is 0 Å². The van der Waals surface area contributed by atoms with Gasteiger partial charge in [-0.25, -0.2) is 13.2 Å². The Morgan fingerprint density at radius 1 is 1.31 bits per heavy atom. The first-order valence-corrected chi connectivity index (χ1v) is 11.2. The Balaban J connectivity index is 2.41. The second-order valence-corrected chi connectivity index (χ2v) is 10.6. The van der Waals surface area contributed by atoms with Crippen LogP contribution in [0, 0.1) is 0 Å². The molecule has 0 aliphatic heterocycles. The van der Waals surface area contributed by atoms with Crippen LogP contribution in [0.15, 0.2) is 23.1 Å². The SMILES string of the molecule is CC(c1cc(N)ccc1S(=O)(=O)C1CC1)N(CCCC(=O)O)C(=O)OC(C)(C)C. The lowest BCUT2D eigenvalue weighted by Crippen LogP contribution is -2.39. The number of benzene rings is 1. The van der Waals surface area contributed by atoms with E-state index in [9.17, 15) is 18.0 Å². The zero-order valence-electron chi connectivity index (χ0n) is 17.3. The van der Waals surface area contributed by atoms with Crippen LogP contribution in [-0.4, -0.2) is 47.9 Å². The van der Waals surface area contributed by atoms with Gasteiger partial charge in [-0.2, -0.15) is 0 Å². The molecule has 1 aromatic rings. The van der Waals surface area contributed by atoms with Crippen LogP contribution in [0.25, 0.3) is 0 Å². The zero-order valence-corrected chi connectivity index (χ0v) is 18.2. The summed E-state index contributed by atoms with van der Waals surface area (Å²) in [6.07, 6.45) is 0.707. The van der Waals surface area contributed by atoms with E-state index in [0.29, 0.717) is 24.1 Å². The summed E-state index contributed by atoms with van der Waals surface area (Å²) >= 11 is 0. The molecule has 1 fully saturated rings. The Kier molecular flexibility index (Phi) is 6.82. The van der Waals surface area contributed by atoms with E-state index in [2.05, 4.69) is 0 Å². The van der Waals surface area contributed by atoms with Crippen LogP contribution < -0.4 is 5.73 Å². The Morgan fingerprint density at radius 2 is 1.93 bits per heavy atom. The Bertz CT molecular complexity index is 871. The number of aliphatic carboxylic acids is 1. The van der Waals surface area contributed by atoms with Gasteiger partial charge in [0.2, 0.25) is 0 Å². The summed E-state index contributed by atoms with van der Waals surface area (Å²) in [5, 5.41) is 8.53. The molecule has 3 N–H and O–H groups in total. The number of carboxylic acid groups (broad SMARTS) is 1. The second-order valence-electron chi connectivity index (χ2n) is 8.39. The Hall–Kier alpha value is -2.29. The lowest BCUT2D eigenvalue weighted by molar-refractivity contribution is -0.137. The summed E-state index contributed by atoms with van der Waals surface area (Å²) in [7, 11) is -3.51. The van der Waals surface area contributed by atoms with Crippen LogP contribution in [0.5, 0.6) is 0 Å². The first-order valence-electron chi connectivity index (χ1n) is 9.67. The Labute approximate surface area is 171 Å². The minimum absolute atomic E-state index is 0.111. The lowest BCUT2D eigenvalue weighted by atomic mass is 10.1. The van der Waals surface area contributed by atoms with Crippen molar-refractivity contribution in [2.24, 2.45) is 0 Å². The van der Waals surface area contributed by atoms with Gasteiger partial charge in [-0.15, -0.1) is 0 Å². The first-order chi connectivity index (χ1) is 13.3. The molecule has 1 aromatic carbocycles. The third-order valence-electron chi connectivity index (χ3n) is 4.64. The fourth-order valence-corrected chi connectivity index (χ4v) is 4.97. The molecule has 1 aliphatic carbocycles. The molecule has 0 radical (unpaired) electrons. The maximum Gasteiger partial charge on any atom is 0.410 e. The third-order valence-corrected chi connectivity index (χ3v) is 6.97. The number of rotatable bonds is 8. The quantitative estimate of drug-likeness (QED) is 0.610. The molecule has 0 spiro atoms. The summed E-state index contributed by atoms with van der Waals surface area (Å²) in [6.45, 7) is 7.00. The van der Waals surface area contributed by atoms with E-state index in [1.807, 2.05) is 0 Å². The fraction of sp³-hybridized carbons (Fsp3) is 0.600. The van der Waals surface area contributed by atoms with Crippen molar-refractivity contribution in [2.45, 2.75) is 75.2 Å². The summed E-state index contributed by atoms with van der Waals surface area (Å²) < 4.78 is 31.3. The van der Waals surface area contributed by atoms with Gasteiger partial charge in [0.15, 0.2) is 9.84 Å². The van der Waals surface area contributed by atoms with Crippen molar-refractivity contribution < 1.29 is 27.9 Å². The smallest absolute Gasteiger partial charge is 0.410 e. The zero-order chi connectivity index (χ0) is 22.0. The minimum Gasteiger partial charge on any atom is -0.481 e. The largest absolute Gasteiger partial charge is 0.481 e. The molecule has 1 atom stereocenters. The maximum absolute atomic E-state index is 12.9. The van der Waals surface area contributed by atoms with Crippen LogP contribution in [-0.2, 0) is 19.4 Å². The van der Waals surface area contributed by atoms with Crippen molar-refractivity contribution in [1.29, 1.82) is 0 Å². The van der Waals surface area contributed by atoms with E-state index in [1.54, 1.807) is 33.8 Å². The molecule has 9 heteroatoms. The standard InChI is InChI=1S/C20H30N2O6S/c1-13(22(11-5-6-18(23)24)19(25)28-20(2,3)4)16-12-14(21)7-10-17(16)29(26,27)15-8-9-15/h7,10,12-13,15H,5-6,8-9,11,21H2,1-4H3,(H,23,24). The molecule has 162 valence electrons. The molecule has 1 aliphatic rings. The predicted octanol–water partition coefficient (Wildman–Crippen LogP) is 3.37. The van der Waals surface area contributed by atoms with Crippen molar-refractivity contribution in [3.63, 3.8) is 0 Å². The minimum atomic E-state index is -3.51. The predicted molar refractivity (Wildman–Crippen MR) is 109 cm³/mol. The third kappa shape index (κ3) is 6.09. The van der Waals surface area contributed by atoms with Gasteiger partial charge in [0, 0.05) is 18.7 Å². The monoisotopic (exact) mass is 426 g/mol. The van der Waals surface area contributed by atoms with Crippen LogP contribution in [0.2, 0.25) is 0 Å². The number of carbonyl (C=O) groups is 2. The summed E-state index contributed by atoms with van der Waals surface area (Å²) in [6, 6.07) is 3.92. The van der Waals surface area contributed by atoms with Gasteiger partial charge in [0.25, 0.3) is 0 Å². The molecule has 0 aromatic heterocycles. The summed E-state index contributed by atoms with van der Waals surface area (Å²) in [4.78, 5) is 25.2. The molecule has 0 bridgehead atoms. The number of ether oxygens (including phenoxy) is 1. The highest BCUT2D eigenvalue weighted by molar-refractivity contribution is 7.92. The van der Waals surface area contributed by atoms with Crippen molar-refractivity contribution >= 4 is 27.6 Å². The maximum atomic E-state index is 12.9. The van der Waals surface area contributed by atoms with Crippen LogP contribution >= 0.6 is 0 Å². The average molecular weight is 427 g/mol. The van der Waals surface area contributed by atoms with Gasteiger partial charge in [-0.1, -0.05) is 0 Å². The normalized spacial score (nSPS) is 15.6. The molecule has 1 unspecified atom stereocenters. The van der Waals surface area contributed by atoms with Gasteiger partial charge in [0.1, 0.15) is 5.60 Å². The molecule has 29 heavy (non-hydrogen) atoms. The Morgan fingerprint density at radius 3 is 2.45 bits per heavy atom. The number of carbonyl (C=O) groups excluding carboxylic acids is 1. The number of hydrogen-bond acceptors (Lipinski definition) is 6. The van der Waals surface area contributed by atoms with E-state index in [1.165, 1.54) is 17.0 Å². The number of anilines is 1. The molecular weight excluding hydrogens is 396 g/mol. The first kappa shape index (κ1) is 23.0. The van der Waals surface area contributed by atoms with Gasteiger partial charge in [0.05, 0.1) is 16.2 Å². The molecule has 8 nitrogen and oxygen atoms in total. The highest BCUT2D eigenvalue weighted by Crippen LogP contribution is 2.38. The van der Waals surface area contributed by atoms with Crippen molar-refractivity contribution in [1.82, 2.24) is 4.90 Å². The van der Waals surface area contributed by atoms with Crippen LogP contribution in [0.3, 0.4) is 0 Å². The number of amides is 1. The summed E-state index contributed by atoms with van der Waals surface area (Å²) in [5.74, 6) is -0.970. The molecular formula is C20H30N2O6S. The number of nitrogens with zero attached hydrogens (tertiary/aromatic N) is 1. The average Bonchev–Trinajstić information content (AvgIpc) is 3.41. The van der Waals surface area contributed by atoms with E-state index < -0.39 is 38.8 Å². The van der Waals surface area contributed by atoms with Crippen molar-refractivity contribution in [2.75, 3.05) is 12.3 Å². The van der Waals surface area contributed by atoms with Crippen LogP contribution in [0.1, 0.15) is 65.0 Å². The lowest BCUT2D eigenvalue weighted by Gasteiger charge is -2.33. The molecule has 0 heterocycles. The number of hydrogen-bond donors (Lipinski definition) is 2. The molecule has 1 amide bonds. The van der Waals surface area contributed by atoms with Gasteiger partial charge < -0.3 is 20.5 Å². The summed E-state index contributed by atoms with van der Waals surface area (Å²) in [5.41, 5.74) is 5.96. The topological polar surface area (TPSA) is 127 Å². The number of nitrogen functional groups attached to an aromatic ring is 1. The van der Waals surface area contributed by atoms with Gasteiger partial charge in [-0.05, 0) is 70.7 Å². The second kappa shape index (κ2) is 8.61. The molecule has 1 saturated carbocycles. The highest BCUT2D eigenvalue weighted by atomic mass is 32.2. The van der Waals surface area contributed by atoms with E-state index >= 15 is 0 Å². The molecule has 0 saturated heterocycles. The van der Waals surface area contributed by atoms with Crippen LogP contribution in [0.4, 0.5) is 10.5 Å². The fourth-order valence-electron chi connectivity index (χ4n) is 3.04. The number of sulfone groups is 1. The van der Waals surface area contributed by atoms with Crippen molar-refractivity contribution in [3.8, 4) is 0 Å². The highest BCUT2D eigenvalue weighted by Gasteiger charge is 2.39. The van der Waals surface area contributed by atoms with E-state index in [4.69, 9.17) is 15.6 Å².